The number of nitrogens with one attached hydrogen (secondary N) is 1. The van der Waals surface area contributed by atoms with Crippen LogP contribution in [0, 0.1) is 5.92 Å². The van der Waals surface area contributed by atoms with E-state index in [9.17, 15) is 4.79 Å². The van der Waals surface area contributed by atoms with Gasteiger partial charge in [0.2, 0.25) is 5.88 Å². The van der Waals surface area contributed by atoms with Gasteiger partial charge < -0.3 is 15.2 Å². The van der Waals surface area contributed by atoms with Gasteiger partial charge in [0.15, 0.2) is 0 Å². The number of aromatic nitrogens is 1. The van der Waals surface area contributed by atoms with Gasteiger partial charge in [-0.1, -0.05) is 12.1 Å². The van der Waals surface area contributed by atoms with Gasteiger partial charge in [-0.2, -0.15) is 0 Å². The number of nitrogens with zero attached hydrogens (tertiary/aromatic N) is 1. The van der Waals surface area contributed by atoms with E-state index >= 15 is 0 Å². The number of amides is 1. The fourth-order valence-corrected chi connectivity index (χ4v) is 2.04. The molecule has 0 saturated heterocycles. The molecule has 0 bridgehead atoms. The minimum Gasteiger partial charge on any atom is -0.477 e. The van der Waals surface area contributed by atoms with E-state index in [2.05, 4.69) is 10.3 Å². The lowest BCUT2D eigenvalue weighted by Crippen LogP contribution is -2.12. The highest BCUT2D eigenvalue weighted by molar-refractivity contribution is 6.04. The van der Waals surface area contributed by atoms with Crippen molar-refractivity contribution in [1.82, 2.24) is 4.98 Å². The standard InChI is InChI=1S/C17H18N2O3/c20-10-13-2-1-3-15(8-13)19-17(21)14-6-7-16(18-9-14)22-11-12-4-5-12/h1-3,6-9,12,20H,4-5,10-11H2,(H,19,21). The maximum Gasteiger partial charge on any atom is 0.257 e. The Bertz CT molecular complexity index is 651. The van der Waals surface area contributed by atoms with Gasteiger partial charge >= 0.3 is 0 Å². The van der Waals surface area contributed by atoms with E-state index in [1.54, 1.807) is 36.4 Å². The van der Waals surface area contributed by atoms with E-state index in [0.717, 1.165) is 5.56 Å². The van der Waals surface area contributed by atoms with Crippen molar-refractivity contribution < 1.29 is 14.6 Å². The average Bonchev–Trinajstić information content (AvgIpc) is 3.38. The Morgan fingerprint density at radius 1 is 1.32 bits per heavy atom. The van der Waals surface area contributed by atoms with Crippen molar-refractivity contribution in [3.63, 3.8) is 0 Å². The zero-order valence-corrected chi connectivity index (χ0v) is 12.2. The van der Waals surface area contributed by atoms with Gasteiger partial charge in [0.1, 0.15) is 0 Å². The van der Waals surface area contributed by atoms with Gasteiger partial charge in [-0.3, -0.25) is 4.79 Å². The zero-order valence-electron chi connectivity index (χ0n) is 12.2. The predicted molar refractivity (Wildman–Crippen MR) is 82.8 cm³/mol. The molecular formula is C17H18N2O3. The van der Waals surface area contributed by atoms with Crippen LogP contribution in [0.5, 0.6) is 5.88 Å². The van der Waals surface area contributed by atoms with Gasteiger partial charge in [-0.15, -0.1) is 0 Å². The van der Waals surface area contributed by atoms with Gasteiger partial charge in [-0.25, -0.2) is 4.98 Å². The second kappa shape index (κ2) is 6.58. The van der Waals surface area contributed by atoms with Crippen molar-refractivity contribution in [3.8, 4) is 5.88 Å². The van der Waals surface area contributed by atoms with E-state index in [4.69, 9.17) is 9.84 Å². The third-order valence-corrected chi connectivity index (χ3v) is 3.53. The van der Waals surface area contributed by atoms with Crippen LogP contribution in [0.3, 0.4) is 0 Å². The lowest BCUT2D eigenvalue weighted by atomic mass is 10.2. The lowest BCUT2D eigenvalue weighted by molar-refractivity contribution is 0.102. The summed E-state index contributed by atoms with van der Waals surface area (Å²) in [5, 5.41) is 11.9. The quantitative estimate of drug-likeness (QED) is 0.860. The van der Waals surface area contributed by atoms with Gasteiger partial charge in [0.25, 0.3) is 5.91 Å². The molecule has 2 aromatic rings. The normalized spacial score (nSPS) is 13.7. The number of hydrogen-bond donors (Lipinski definition) is 2. The predicted octanol–water partition coefficient (Wildman–Crippen LogP) is 2.62. The molecule has 0 aliphatic heterocycles. The van der Waals surface area contributed by atoms with Crippen LogP contribution in [-0.4, -0.2) is 22.6 Å². The van der Waals surface area contributed by atoms with E-state index in [-0.39, 0.29) is 12.5 Å². The molecular weight excluding hydrogens is 280 g/mol. The molecule has 1 fully saturated rings. The van der Waals surface area contributed by atoms with Crippen molar-refractivity contribution in [2.45, 2.75) is 19.4 Å². The molecule has 0 atom stereocenters. The Hall–Kier alpha value is -2.40. The van der Waals surface area contributed by atoms with Crippen molar-refractivity contribution in [2.24, 2.45) is 5.92 Å². The molecule has 1 aliphatic rings. The molecule has 1 amide bonds. The summed E-state index contributed by atoms with van der Waals surface area (Å²) >= 11 is 0. The summed E-state index contributed by atoms with van der Waals surface area (Å²) in [7, 11) is 0. The highest BCUT2D eigenvalue weighted by Crippen LogP contribution is 2.29. The van der Waals surface area contributed by atoms with E-state index in [1.807, 2.05) is 0 Å². The first-order valence-corrected chi connectivity index (χ1v) is 7.34. The van der Waals surface area contributed by atoms with E-state index < -0.39 is 0 Å². The van der Waals surface area contributed by atoms with Crippen LogP contribution in [-0.2, 0) is 6.61 Å². The molecule has 1 saturated carbocycles. The van der Waals surface area contributed by atoms with Gasteiger partial charge in [0.05, 0.1) is 18.8 Å². The van der Waals surface area contributed by atoms with Crippen LogP contribution in [0.25, 0.3) is 0 Å². The van der Waals surface area contributed by atoms with Crippen molar-refractivity contribution in [2.75, 3.05) is 11.9 Å². The molecule has 5 nitrogen and oxygen atoms in total. The summed E-state index contributed by atoms with van der Waals surface area (Å²) < 4.78 is 5.54. The molecule has 0 radical (unpaired) electrons. The highest BCUT2D eigenvalue weighted by atomic mass is 16.5. The SMILES string of the molecule is O=C(Nc1cccc(CO)c1)c1ccc(OCC2CC2)nc1. The molecule has 22 heavy (non-hydrogen) atoms. The second-order valence-electron chi connectivity index (χ2n) is 5.45. The first kappa shape index (κ1) is 14.5. The molecule has 1 heterocycles. The first-order chi connectivity index (χ1) is 10.7. The molecule has 1 aromatic heterocycles. The Morgan fingerprint density at radius 3 is 2.86 bits per heavy atom. The summed E-state index contributed by atoms with van der Waals surface area (Å²) in [4.78, 5) is 16.3. The molecule has 0 spiro atoms. The Labute approximate surface area is 129 Å². The van der Waals surface area contributed by atoms with Crippen LogP contribution in [0.4, 0.5) is 5.69 Å². The minimum atomic E-state index is -0.240. The van der Waals surface area contributed by atoms with Crippen LogP contribution in [0.2, 0.25) is 0 Å². The smallest absolute Gasteiger partial charge is 0.257 e. The average molecular weight is 298 g/mol. The monoisotopic (exact) mass is 298 g/mol. The topological polar surface area (TPSA) is 71.5 Å². The van der Waals surface area contributed by atoms with Crippen molar-refractivity contribution in [3.05, 3.63) is 53.7 Å². The lowest BCUT2D eigenvalue weighted by Gasteiger charge is -2.07. The van der Waals surface area contributed by atoms with Gasteiger partial charge in [-0.05, 0) is 42.5 Å². The van der Waals surface area contributed by atoms with E-state index in [0.29, 0.717) is 29.7 Å². The van der Waals surface area contributed by atoms with Crippen LogP contribution < -0.4 is 10.1 Å². The Kier molecular flexibility index (Phi) is 4.34. The molecule has 0 unspecified atom stereocenters. The third-order valence-electron chi connectivity index (χ3n) is 3.53. The number of anilines is 1. The van der Waals surface area contributed by atoms with Crippen LogP contribution in [0.1, 0.15) is 28.8 Å². The number of aliphatic hydroxyl groups excluding tert-OH is 1. The summed E-state index contributed by atoms with van der Waals surface area (Å²) in [6.07, 6.45) is 3.97. The number of carbonyl (C=O) groups is 1. The largest absolute Gasteiger partial charge is 0.477 e. The van der Waals surface area contributed by atoms with Gasteiger partial charge in [0, 0.05) is 18.0 Å². The van der Waals surface area contributed by atoms with Crippen LogP contribution in [0.15, 0.2) is 42.6 Å². The molecule has 5 heteroatoms. The summed E-state index contributed by atoms with van der Waals surface area (Å²) in [5.74, 6) is 0.977. The number of rotatable bonds is 6. The highest BCUT2D eigenvalue weighted by Gasteiger charge is 2.22. The van der Waals surface area contributed by atoms with E-state index in [1.165, 1.54) is 19.0 Å². The fraction of sp³-hybridized carbons (Fsp3) is 0.294. The third kappa shape index (κ3) is 3.83. The molecule has 3 rings (SSSR count). The Balaban J connectivity index is 1.61. The molecule has 2 N–H and O–H groups in total. The summed E-state index contributed by atoms with van der Waals surface area (Å²) in [6, 6.07) is 10.5. The maximum absolute atomic E-state index is 12.1. The maximum atomic E-state index is 12.1. The number of hydrogen-bond acceptors (Lipinski definition) is 4. The van der Waals surface area contributed by atoms with Crippen molar-refractivity contribution in [1.29, 1.82) is 0 Å². The number of benzene rings is 1. The molecule has 114 valence electrons. The van der Waals surface area contributed by atoms with Crippen molar-refractivity contribution >= 4 is 11.6 Å². The second-order valence-corrected chi connectivity index (χ2v) is 5.45. The molecule has 1 aromatic carbocycles. The number of pyridine rings is 1. The number of aliphatic hydroxyl groups is 1. The molecule has 1 aliphatic carbocycles. The summed E-state index contributed by atoms with van der Waals surface area (Å²) in [5.41, 5.74) is 1.86. The Morgan fingerprint density at radius 2 is 2.18 bits per heavy atom. The first-order valence-electron chi connectivity index (χ1n) is 7.34. The number of carbonyl (C=O) groups excluding carboxylic acids is 1. The summed E-state index contributed by atoms with van der Waals surface area (Å²) in [6.45, 7) is 0.644. The number of ether oxygens (including phenoxy) is 1. The fourth-order valence-electron chi connectivity index (χ4n) is 2.04. The zero-order chi connectivity index (χ0) is 15.4. The minimum absolute atomic E-state index is 0.0572. The van der Waals surface area contributed by atoms with Crippen LogP contribution >= 0.6 is 0 Å².